The summed E-state index contributed by atoms with van der Waals surface area (Å²) in [4.78, 5) is 13.2. The number of hydrogen-bond acceptors (Lipinski definition) is 2. The molecule has 1 aliphatic rings. The maximum atomic E-state index is 12.7. The molecule has 0 bridgehead atoms. The molecule has 6 heteroatoms. The third kappa shape index (κ3) is 3.37. The fraction of sp³-hybridized carbons (Fsp3) is 0.533. The van der Waals surface area contributed by atoms with Crippen molar-refractivity contribution in [2.75, 3.05) is 6.54 Å². The van der Waals surface area contributed by atoms with E-state index in [9.17, 15) is 23.1 Å². The number of alkyl halides is 3. The van der Waals surface area contributed by atoms with Crippen molar-refractivity contribution < 1.29 is 23.1 Å². The first kappa shape index (κ1) is 15.8. The van der Waals surface area contributed by atoms with Crippen molar-refractivity contribution in [1.82, 2.24) is 4.90 Å². The molecule has 0 spiro atoms. The smallest absolute Gasteiger partial charge is 0.416 e. The van der Waals surface area contributed by atoms with Crippen LogP contribution in [0.2, 0.25) is 0 Å². The van der Waals surface area contributed by atoms with Crippen molar-refractivity contribution >= 4 is 5.97 Å². The quantitative estimate of drug-likeness (QED) is 0.928. The van der Waals surface area contributed by atoms with Gasteiger partial charge in [-0.05, 0) is 44.4 Å². The largest absolute Gasteiger partial charge is 0.480 e. The molecule has 1 heterocycles. The third-order valence-electron chi connectivity index (χ3n) is 4.13. The van der Waals surface area contributed by atoms with Crippen LogP contribution in [0.3, 0.4) is 0 Å². The molecule has 2 rings (SSSR count). The van der Waals surface area contributed by atoms with Gasteiger partial charge in [-0.25, -0.2) is 0 Å². The molecule has 0 radical (unpaired) electrons. The van der Waals surface area contributed by atoms with Gasteiger partial charge in [0.05, 0.1) is 5.56 Å². The van der Waals surface area contributed by atoms with Gasteiger partial charge in [-0.1, -0.05) is 18.2 Å². The van der Waals surface area contributed by atoms with Gasteiger partial charge in [-0.3, -0.25) is 9.69 Å². The zero-order valence-electron chi connectivity index (χ0n) is 11.8. The van der Waals surface area contributed by atoms with Gasteiger partial charge in [0.2, 0.25) is 0 Å². The molecule has 1 aliphatic heterocycles. The first-order chi connectivity index (χ1) is 9.73. The number of aliphatic carboxylic acids is 1. The van der Waals surface area contributed by atoms with Crippen molar-refractivity contribution in [3.05, 3.63) is 35.4 Å². The Morgan fingerprint density at radius 1 is 1.38 bits per heavy atom. The van der Waals surface area contributed by atoms with E-state index in [1.54, 1.807) is 17.9 Å². The molecule has 1 aromatic rings. The van der Waals surface area contributed by atoms with Crippen LogP contribution >= 0.6 is 0 Å². The molecule has 0 amide bonds. The Balaban J connectivity index is 2.22. The van der Waals surface area contributed by atoms with Crippen LogP contribution in [0.5, 0.6) is 0 Å². The Morgan fingerprint density at radius 3 is 2.71 bits per heavy atom. The van der Waals surface area contributed by atoms with E-state index in [2.05, 4.69) is 0 Å². The fourth-order valence-corrected chi connectivity index (χ4v) is 2.74. The molecule has 21 heavy (non-hydrogen) atoms. The van der Waals surface area contributed by atoms with Gasteiger partial charge >= 0.3 is 12.1 Å². The summed E-state index contributed by atoms with van der Waals surface area (Å²) in [5, 5.41) is 9.41. The van der Waals surface area contributed by atoms with E-state index in [1.807, 2.05) is 0 Å². The SMILES string of the molecule is CC1(C(=O)O)CCCCN1Cc1cccc(C(F)(F)F)c1. The number of benzene rings is 1. The lowest BCUT2D eigenvalue weighted by atomic mass is 9.88. The average Bonchev–Trinajstić information content (AvgIpc) is 2.41. The molecule has 116 valence electrons. The number of carboxylic acid groups (broad SMARTS) is 1. The second-order valence-electron chi connectivity index (χ2n) is 5.66. The lowest BCUT2D eigenvalue weighted by Crippen LogP contribution is -2.54. The summed E-state index contributed by atoms with van der Waals surface area (Å²) in [6.07, 6.45) is -2.18. The number of halogens is 3. The predicted molar refractivity (Wildman–Crippen MR) is 71.7 cm³/mol. The van der Waals surface area contributed by atoms with Gasteiger partial charge < -0.3 is 5.11 Å². The summed E-state index contributed by atoms with van der Waals surface area (Å²) in [5.74, 6) is -0.922. The van der Waals surface area contributed by atoms with Crippen molar-refractivity contribution in [3.8, 4) is 0 Å². The van der Waals surface area contributed by atoms with E-state index in [0.29, 0.717) is 18.5 Å². The van der Waals surface area contributed by atoms with Crippen LogP contribution in [0, 0.1) is 0 Å². The average molecular weight is 301 g/mol. The first-order valence-corrected chi connectivity index (χ1v) is 6.88. The maximum absolute atomic E-state index is 12.7. The topological polar surface area (TPSA) is 40.5 Å². The zero-order chi connectivity index (χ0) is 15.7. The standard InChI is InChI=1S/C15H18F3NO2/c1-14(13(20)21)7-2-3-8-19(14)10-11-5-4-6-12(9-11)15(16,17)18/h4-6,9H,2-3,7-8,10H2,1H3,(H,20,21). The fourth-order valence-electron chi connectivity index (χ4n) is 2.74. The van der Waals surface area contributed by atoms with Crippen LogP contribution < -0.4 is 0 Å². The summed E-state index contributed by atoms with van der Waals surface area (Å²) in [7, 11) is 0. The number of piperidine rings is 1. The van der Waals surface area contributed by atoms with E-state index in [1.165, 1.54) is 6.07 Å². The van der Waals surface area contributed by atoms with Crippen molar-refractivity contribution in [2.45, 2.75) is 44.4 Å². The molecule has 0 saturated carbocycles. The van der Waals surface area contributed by atoms with Gasteiger partial charge in [-0.15, -0.1) is 0 Å². The minimum atomic E-state index is -4.38. The van der Waals surface area contributed by atoms with Crippen LogP contribution in [0.15, 0.2) is 24.3 Å². The van der Waals surface area contributed by atoms with Crippen molar-refractivity contribution in [1.29, 1.82) is 0 Å². The highest BCUT2D eigenvalue weighted by Gasteiger charge is 2.41. The van der Waals surface area contributed by atoms with Crippen LogP contribution in [0.4, 0.5) is 13.2 Å². The van der Waals surface area contributed by atoms with Crippen LogP contribution in [-0.4, -0.2) is 28.1 Å². The molecule has 1 unspecified atom stereocenters. The Hall–Kier alpha value is -1.56. The second-order valence-corrected chi connectivity index (χ2v) is 5.66. The van der Waals surface area contributed by atoms with Gasteiger partial charge in [0.25, 0.3) is 0 Å². The second kappa shape index (κ2) is 5.67. The summed E-state index contributed by atoms with van der Waals surface area (Å²) >= 11 is 0. The summed E-state index contributed by atoms with van der Waals surface area (Å²) in [5.41, 5.74) is -1.22. The molecule has 1 atom stereocenters. The molecular formula is C15H18F3NO2. The molecule has 1 saturated heterocycles. The highest BCUT2D eigenvalue weighted by molar-refractivity contribution is 5.78. The van der Waals surface area contributed by atoms with E-state index in [-0.39, 0.29) is 6.54 Å². The monoisotopic (exact) mass is 301 g/mol. The van der Waals surface area contributed by atoms with E-state index >= 15 is 0 Å². The molecule has 1 fully saturated rings. The first-order valence-electron chi connectivity index (χ1n) is 6.88. The lowest BCUT2D eigenvalue weighted by Gasteiger charge is -2.41. The number of carboxylic acids is 1. The van der Waals surface area contributed by atoms with Crippen LogP contribution in [0.1, 0.15) is 37.3 Å². The van der Waals surface area contributed by atoms with E-state index < -0.39 is 23.2 Å². The summed E-state index contributed by atoms with van der Waals surface area (Å²) in [6.45, 7) is 2.44. The van der Waals surface area contributed by atoms with Crippen LogP contribution in [0.25, 0.3) is 0 Å². The Bertz CT molecular complexity index is 530. The van der Waals surface area contributed by atoms with Crippen LogP contribution in [-0.2, 0) is 17.5 Å². The Morgan fingerprint density at radius 2 is 2.10 bits per heavy atom. The molecule has 0 aromatic heterocycles. The molecule has 0 aliphatic carbocycles. The van der Waals surface area contributed by atoms with Gasteiger partial charge in [0.1, 0.15) is 5.54 Å². The maximum Gasteiger partial charge on any atom is 0.416 e. The molecular weight excluding hydrogens is 283 g/mol. The number of nitrogens with zero attached hydrogens (tertiary/aromatic N) is 1. The molecule has 1 aromatic carbocycles. The van der Waals surface area contributed by atoms with E-state index in [0.717, 1.165) is 25.0 Å². The molecule has 1 N–H and O–H groups in total. The van der Waals surface area contributed by atoms with Crippen molar-refractivity contribution in [2.24, 2.45) is 0 Å². The number of likely N-dealkylation sites (tertiary alicyclic amines) is 1. The Labute approximate surface area is 121 Å². The highest BCUT2D eigenvalue weighted by atomic mass is 19.4. The normalized spacial score (nSPS) is 24.0. The van der Waals surface area contributed by atoms with Crippen molar-refractivity contribution in [3.63, 3.8) is 0 Å². The van der Waals surface area contributed by atoms with Gasteiger partial charge in [-0.2, -0.15) is 13.2 Å². The van der Waals surface area contributed by atoms with Gasteiger partial charge in [0.15, 0.2) is 0 Å². The third-order valence-corrected chi connectivity index (χ3v) is 4.13. The Kier molecular flexibility index (Phi) is 4.27. The zero-order valence-corrected chi connectivity index (χ0v) is 11.8. The summed E-state index contributed by atoms with van der Waals surface area (Å²) < 4.78 is 38.2. The molecule has 3 nitrogen and oxygen atoms in total. The minimum Gasteiger partial charge on any atom is -0.480 e. The van der Waals surface area contributed by atoms with E-state index in [4.69, 9.17) is 0 Å². The summed E-state index contributed by atoms with van der Waals surface area (Å²) in [6, 6.07) is 5.08. The predicted octanol–water partition coefficient (Wildman–Crippen LogP) is 3.53. The number of rotatable bonds is 3. The minimum absolute atomic E-state index is 0.215. The highest BCUT2D eigenvalue weighted by Crippen LogP contribution is 2.32. The number of hydrogen-bond donors (Lipinski definition) is 1. The van der Waals surface area contributed by atoms with Gasteiger partial charge in [0, 0.05) is 6.54 Å². The lowest BCUT2D eigenvalue weighted by molar-refractivity contribution is -0.153. The number of carbonyl (C=O) groups is 1.